The number of aromatic nitrogens is 1. The van der Waals surface area contributed by atoms with Crippen molar-refractivity contribution in [1.29, 1.82) is 0 Å². The zero-order valence-electron chi connectivity index (χ0n) is 9.18. The highest BCUT2D eigenvalue weighted by atomic mass is 19.4. The summed E-state index contributed by atoms with van der Waals surface area (Å²) < 4.78 is 54.7. The highest BCUT2D eigenvalue weighted by Gasteiger charge is 2.38. The van der Waals surface area contributed by atoms with Gasteiger partial charge in [0, 0.05) is 5.56 Å². The van der Waals surface area contributed by atoms with E-state index in [0.29, 0.717) is 0 Å². The van der Waals surface area contributed by atoms with E-state index in [1.54, 1.807) is 0 Å². The number of aryl methyl sites for hydroxylation is 1. The second kappa shape index (κ2) is 4.01. The molecule has 0 bridgehead atoms. The Morgan fingerprint density at radius 1 is 1.28 bits per heavy atom. The lowest BCUT2D eigenvalue weighted by atomic mass is 10.1. The maximum Gasteiger partial charge on any atom is 0.468 e. The van der Waals surface area contributed by atoms with E-state index in [4.69, 9.17) is 5.73 Å². The first-order valence-electron chi connectivity index (χ1n) is 4.89. The quantitative estimate of drug-likeness (QED) is 0.631. The second-order valence-electron chi connectivity index (χ2n) is 3.66. The van der Waals surface area contributed by atoms with E-state index in [1.807, 2.05) is 0 Å². The molecule has 1 heterocycles. The van der Waals surface area contributed by atoms with Gasteiger partial charge < -0.3 is 10.2 Å². The van der Waals surface area contributed by atoms with Crippen LogP contribution in [0.3, 0.4) is 0 Å². The lowest BCUT2D eigenvalue weighted by Crippen LogP contribution is -2.04. The first kappa shape index (κ1) is 12.4. The van der Waals surface area contributed by atoms with E-state index < -0.39 is 17.9 Å². The molecule has 7 heteroatoms. The molecule has 1 aromatic heterocycles. The summed E-state index contributed by atoms with van der Waals surface area (Å²) in [4.78, 5) is 3.35. The molecule has 0 unspecified atom stereocenters. The Hall–Kier alpha value is -2.05. The highest BCUT2D eigenvalue weighted by molar-refractivity contribution is 5.65. The maximum atomic E-state index is 13.0. The summed E-state index contributed by atoms with van der Waals surface area (Å²) in [5, 5.41) is 0. The Labute approximate surface area is 99.2 Å². The van der Waals surface area contributed by atoms with Crippen molar-refractivity contribution in [2.24, 2.45) is 0 Å². The van der Waals surface area contributed by atoms with Crippen LogP contribution in [0.2, 0.25) is 0 Å². The van der Waals surface area contributed by atoms with E-state index in [0.717, 1.165) is 6.07 Å². The molecular formula is C11H8F4N2O. The van der Waals surface area contributed by atoms with Crippen LogP contribution in [0.15, 0.2) is 22.6 Å². The molecule has 0 aliphatic carbocycles. The zero-order valence-corrected chi connectivity index (χ0v) is 9.18. The van der Waals surface area contributed by atoms with Crippen molar-refractivity contribution in [3.8, 4) is 11.3 Å². The van der Waals surface area contributed by atoms with Crippen LogP contribution in [0, 0.1) is 12.7 Å². The van der Waals surface area contributed by atoms with E-state index in [-0.39, 0.29) is 22.7 Å². The molecule has 0 aliphatic heterocycles. The highest BCUT2D eigenvalue weighted by Crippen LogP contribution is 2.33. The summed E-state index contributed by atoms with van der Waals surface area (Å²) in [5.74, 6) is -1.98. The molecule has 96 valence electrons. The van der Waals surface area contributed by atoms with Gasteiger partial charge >= 0.3 is 12.1 Å². The van der Waals surface area contributed by atoms with Gasteiger partial charge in [0.1, 0.15) is 17.3 Å². The van der Waals surface area contributed by atoms with Gasteiger partial charge in [-0.25, -0.2) is 9.37 Å². The van der Waals surface area contributed by atoms with Crippen LogP contribution in [-0.2, 0) is 6.18 Å². The van der Waals surface area contributed by atoms with Crippen LogP contribution >= 0.6 is 0 Å². The van der Waals surface area contributed by atoms with E-state index in [1.165, 1.54) is 19.1 Å². The van der Waals surface area contributed by atoms with Crippen molar-refractivity contribution in [2.45, 2.75) is 13.1 Å². The fourth-order valence-electron chi connectivity index (χ4n) is 1.48. The van der Waals surface area contributed by atoms with Crippen molar-refractivity contribution in [3.05, 3.63) is 35.7 Å². The number of hydrogen-bond acceptors (Lipinski definition) is 3. The van der Waals surface area contributed by atoms with Crippen LogP contribution in [0.5, 0.6) is 0 Å². The number of nitrogens with zero attached hydrogens (tertiary/aromatic N) is 1. The molecule has 0 aliphatic rings. The summed E-state index contributed by atoms with van der Waals surface area (Å²) in [7, 11) is 0. The molecule has 0 saturated carbocycles. The molecule has 0 radical (unpaired) electrons. The predicted octanol–water partition coefficient (Wildman–Crippen LogP) is 3.39. The minimum Gasteiger partial charge on any atom is -0.438 e. The van der Waals surface area contributed by atoms with Crippen LogP contribution in [0.4, 0.5) is 23.2 Å². The first-order valence-corrected chi connectivity index (χ1v) is 4.89. The fraction of sp³-hybridized carbons (Fsp3) is 0.182. The number of nitrogen functional groups attached to an aromatic ring is 1. The molecule has 0 saturated heterocycles. The monoisotopic (exact) mass is 260 g/mol. The molecule has 0 spiro atoms. The number of rotatable bonds is 1. The van der Waals surface area contributed by atoms with Gasteiger partial charge in [-0.05, 0) is 25.1 Å². The molecule has 18 heavy (non-hydrogen) atoms. The summed E-state index contributed by atoms with van der Waals surface area (Å²) in [5.41, 5.74) is 5.45. The third-order valence-corrected chi connectivity index (χ3v) is 2.31. The van der Waals surface area contributed by atoms with Gasteiger partial charge in [0.05, 0.1) is 5.69 Å². The second-order valence-corrected chi connectivity index (χ2v) is 3.66. The van der Waals surface area contributed by atoms with Crippen molar-refractivity contribution >= 4 is 5.69 Å². The van der Waals surface area contributed by atoms with Gasteiger partial charge in [0.2, 0.25) is 0 Å². The summed E-state index contributed by atoms with van der Waals surface area (Å²) in [6.07, 6.45) is -4.66. The van der Waals surface area contributed by atoms with Gasteiger partial charge in [0.25, 0.3) is 0 Å². The van der Waals surface area contributed by atoms with Crippen molar-refractivity contribution < 1.29 is 22.0 Å². The molecule has 2 N–H and O–H groups in total. The smallest absolute Gasteiger partial charge is 0.438 e. The van der Waals surface area contributed by atoms with Gasteiger partial charge in [-0.3, -0.25) is 0 Å². The molecule has 2 rings (SSSR count). The number of anilines is 1. The normalized spacial score (nSPS) is 11.8. The Morgan fingerprint density at radius 2 is 1.94 bits per heavy atom. The number of alkyl halides is 3. The van der Waals surface area contributed by atoms with Gasteiger partial charge in [-0.1, -0.05) is 0 Å². The Bertz CT molecular complexity index is 589. The van der Waals surface area contributed by atoms with Crippen LogP contribution in [0.25, 0.3) is 11.3 Å². The van der Waals surface area contributed by atoms with E-state index in [9.17, 15) is 17.6 Å². The van der Waals surface area contributed by atoms with Crippen molar-refractivity contribution in [1.82, 2.24) is 4.98 Å². The number of benzene rings is 1. The fourth-order valence-corrected chi connectivity index (χ4v) is 1.48. The minimum atomic E-state index is -4.66. The first-order chi connectivity index (χ1) is 8.29. The molecule has 0 amide bonds. The lowest BCUT2D eigenvalue weighted by Gasteiger charge is -2.00. The predicted molar refractivity (Wildman–Crippen MR) is 56.0 cm³/mol. The number of oxazole rings is 1. The average Bonchev–Trinajstić information content (AvgIpc) is 2.64. The van der Waals surface area contributed by atoms with E-state index >= 15 is 0 Å². The zero-order chi connectivity index (χ0) is 13.5. The SMILES string of the molecule is Cc1oc(C(F)(F)F)nc1-c1ccc(F)c(N)c1. The Balaban J connectivity index is 2.51. The Morgan fingerprint density at radius 3 is 2.44 bits per heavy atom. The molecular weight excluding hydrogens is 252 g/mol. The van der Waals surface area contributed by atoms with Gasteiger partial charge in [-0.15, -0.1) is 0 Å². The molecule has 1 aromatic carbocycles. The largest absolute Gasteiger partial charge is 0.468 e. The van der Waals surface area contributed by atoms with Gasteiger partial charge in [-0.2, -0.15) is 13.2 Å². The summed E-state index contributed by atoms with van der Waals surface area (Å²) >= 11 is 0. The minimum absolute atomic E-state index is 0.00553. The molecule has 2 aromatic rings. The van der Waals surface area contributed by atoms with Crippen molar-refractivity contribution in [2.75, 3.05) is 5.73 Å². The Kier molecular flexibility index (Phi) is 2.76. The van der Waals surface area contributed by atoms with Crippen molar-refractivity contribution in [3.63, 3.8) is 0 Å². The maximum absolute atomic E-state index is 13.0. The lowest BCUT2D eigenvalue weighted by molar-refractivity contribution is -0.157. The van der Waals surface area contributed by atoms with Gasteiger partial charge in [0.15, 0.2) is 0 Å². The summed E-state index contributed by atoms with van der Waals surface area (Å²) in [6, 6.07) is 3.56. The van der Waals surface area contributed by atoms with Crippen LogP contribution in [-0.4, -0.2) is 4.98 Å². The molecule has 0 atom stereocenters. The van der Waals surface area contributed by atoms with Crippen LogP contribution < -0.4 is 5.73 Å². The summed E-state index contributed by atoms with van der Waals surface area (Å²) in [6.45, 7) is 1.34. The number of nitrogens with two attached hydrogens (primary N) is 1. The molecule has 3 nitrogen and oxygen atoms in total. The standard InChI is InChI=1S/C11H8F4N2O/c1-5-9(17-10(18-5)11(13,14)15)6-2-3-7(12)8(16)4-6/h2-4H,16H2,1H3. The average molecular weight is 260 g/mol. The number of hydrogen-bond donors (Lipinski definition) is 1. The third-order valence-electron chi connectivity index (χ3n) is 2.31. The number of halogens is 4. The topological polar surface area (TPSA) is 52.0 Å². The third kappa shape index (κ3) is 2.15. The van der Waals surface area contributed by atoms with E-state index in [2.05, 4.69) is 9.40 Å². The molecule has 0 fully saturated rings. The van der Waals surface area contributed by atoms with Crippen LogP contribution in [0.1, 0.15) is 11.7 Å².